The van der Waals surface area contributed by atoms with Crippen molar-refractivity contribution in [3.8, 4) is 5.88 Å². The summed E-state index contributed by atoms with van der Waals surface area (Å²) in [5.41, 5.74) is 1.18. The monoisotopic (exact) mass is 249 g/mol. The largest absolute Gasteiger partial charge is 0.481 e. The van der Waals surface area contributed by atoms with Gasteiger partial charge in [-0.1, -0.05) is 19.4 Å². The molecule has 0 amide bonds. The molecule has 100 valence electrons. The Labute approximate surface area is 109 Å². The van der Waals surface area contributed by atoms with Crippen LogP contribution >= 0.6 is 0 Å². The van der Waals surface area contributed by atoms with Gasteiger partial charge >= 0.3 is 0 Å². The van der Waals surface area contributed by atoms with Gasteiger partial charge in [0.25, 0.3) is 0 Å². The first kappa shape index (κ1) is 13.3. The van der Waals surface area contributed by atoms with E-state index in [4.69, 9.17) is 4.74 Å². The number of nitrogens with one attached hydrogen (secondary N) is 1. The van der Waals surface area contributed by atoms with Crippen molar-refractivity contribution >= 4 is 0 Å². The summed E-state index contributed by atoms with van der Waals surface area (Å²) in [6.45, 7) is 6.45. The molecule has 1 saturated heterocycles. The first-order valence-electron chi connectivity index (χ1n) is 6.77. The van der Waals surface area contributed by atoms with Crippen LogP contribution in [0.15, 0.2) is 18.3 Å². The average Bonchev–Trinajstić information content (AvgIpc) is 2.42. The molecule has 0 saturated carbocycles. The molecule has 0 radical (unpaired) electrons. The van der Waals surface area contributed by atoms with Gasteiger partial charge in [0.15, 0.2) is 0 Å². The Morgan fingerprint density at radius 2 is 2.44 bits per heavy atom. The molecule has 1 aromatic rings. The standard InChI is InChI=1S/C14H23N3O/c1-3-5-13-10-15-8-9-17(13)11-12-6-4-7-16-14(12)18-2/h4,6-7,13,15H,3,5,8-11H2,1-2H3. The highest BCUT2D eigenvalue weighted by Crippen LogP contribution is 2.19. The van der Waals surface area contributed by atoms with Crippen molar-refractivity contribution in [2.24, 2.45) is 0 Å². The summed E-state index contributed by atoms with van der Waals surface area (Å²) < 4.78 is 5.33. The summed E-state index contributed by atoms with van der Waals surface area (Å²) >= 11 is 0. The Balaban J connectivity index is 2.05. The fraction of sp³-hybridized carbons (Fsp3) is 0.643. The van der Waals surface area contributed by atoms with Crippen LogP contribution in [-0.4, -0.2) is 42.7 Å². The Kier molecular flexibility index (Phi) is 4.96. The number of hydrogen-bond donors (Lipinski definition) is 1. The molecule has 2 heterocycles. The third kappa shape index (κ3) is 3.21. The van der Waals surface area contributed by atoms with Crippen molar-refractivity contribution in [3.63, 3.8) is 0 Å². The van der Waals surface area contributed by atoms with Crippen LogP contribution in [0.25, 0.3) is 0 Å². The van der Waals surface area contributed by atoms with Crippen LogP contribution in [0.1, 0.15) is 25.3 Å². The molecule has 1 atom stereocenters. The highest BCUT2D eigenvalue weighted by molar-refractivity contribution is 5.25. The van der Waals surface area contributed by atoms with Gasteiger partial charge in [-0.3, -0.25) is 4.90 Å². The SMILES string of the molecule is CCCC1CNCCN1Cc1cccnc1OC. The van der Waals surface area contributed by atoms with Crippen molar-refractivity contribution in [1.82, 2.24) is 15.2 Å². The molecule has 18 heavy (non-hydrogen) atoms. The van der Waals surface area contributed by atoms with E-state index in [1.165, 1.54) is 18.4 Å². The minimum absolute atomic E-state index is 0.633. The van der Waals surface area contributed by atoms with Gasteiger partial charge in [-0.2, -0.15) is 0 Å². The van der Waals surface area contributed by atoms with E-state index < -0.39 is 0 Å². The molecule has 2 rings (SSSR count). The van der Waals surface area contributed by atoms with Gasteiger partial charge in [0.2, 0.25) is 5.88 Å². The maximum atomic E-state index is 5.33. The Morgan fingerprint density at radius 1 is 1.56 bits per heavy atom. The second-order valence-electron chi connectivity index (χ2n) is 4.79. The predicted octanol–water partition coefficient (Wildman–Crippen LogP) is 1.66. The van der Waals surface area contributed by atoms with Gasteiger partial charge in [-0.25, -0.2) is 4.98 Å². The van der Waals surface area contributed by atoms with Crippen LogP contribution < -0.4 is 10.1 Å². The first-order valence-corrected chi connectivity index (χ1v) is 6.77. The molecule has 4 nitrogen and oxygen atoms in total. The van der Waals surface area contributed by atoms with Crippen LogP contribution in [0.3, 0.4) is 0 Å². The van der Waals surface area contributed by atoms with E-state index in [9.17, 15) is 0 Å². The van der Waals surface area contributed by atoms with Gasteiger partial charge in [-0.15, -0.1) is 0 Å². The second kappa shape index (κ2) is 6.71. The third-order valence-corrected chi connectivity index (χ3v) is 3.51. The summed E-state index contributed by atoms with van der Waals surface area (Å²) in [5.74, 6) is 0.756. The van der Waals surface area contributed by atoms with E-state index in [0.29, 0.717) is 6.04 Å². The summed E-state index contributed by atoms with van der Waals surface area (Å²) in [4.78, 5) is 6.81. The van der Waals surface area contributed by atoms with E-state index >= 15 is 0 Å². The predicted molar refractivity (Wildman–Crippen MR) is 72.8 cm³/mol. The second-order valence-corrected chi connectivity index (χ2v) is 4.79. The molecule has 1 aliphatic rings. The zero-order valence-corrected chi connectivity index (χ0v) is 11.4. The molecule has 0 aliphatic carbocycles. The number of ether oxygens (including phenoxy) is 1. The molecule has 0 spiro atoms. The number of nitrogens with zero attached hydrogens (tertiary/aromatic N) is 2. The van der Waals surface area contributed by atoms with Crippen LogP contribution in [0.2, 0.25) is 0 Å². The quantitative estimate of drug-likeness (QED) is 0.861. The lowest BCUT2D eigenvalue weighted by molar-refractivity contribution is 0.142. The lowest BCUT2D eigenvalue weighted by Crippen LogP contribution is -2.50. The van der Waals surface area contributed by atoms with Crippen LogP contribution in [-0.2, 0) is 6.54 Å². The summed E-state index contributed by atoms with van der Waals surface area (Å²) in [7, 11) is 1.69. The molecule has 1 aliphatic heterocycles. The molecule has 1 fully saturated rings. The first-order chi connectivity index (χ1) is 8.85. The van der Waals surface area contributed by atoms with Crippen LogP contribution in [0, 0.1) is 0 Å². The van der Waals surface area contributed by atoms with Gasteiger partial charge in [-0.05, 0) is 12.5 Å². The van der Waals surface area contributed by atoms with Crippen LogP contribution in [0.5, 0.6) is 5.88 Å². The molecular formula is C14H23N3O. The fourth-order valence-corrected chi connectivity index (χ4v) is 2.58. The Morgan fingerprint density at radius 3 is 3.22 bits per heavy atom. The number of rotatable bonds is 5. The van der Waals surface area contributed by atoms with Crippen molar-refractivity contribution < 1.29 is 4.74 Å². The lowest BCUT2D eigenvalue weighted by atomic mass is 10.1. The number of piperazine rings is 1. The van der Waals surface area contributed by atoms with Crippen molar-refractivity contribution in [3.05, 3.63) is 23.9 Å². The van der Waals surface area contributed by atoms with Crippen molar-refractivity contribution in [2.45, 2.75) is 32.4 Å². The maximum Gasteiger partial charge on any atom is 0.217 e. The minimum atomic E-state index is 0.633. The molecule has 4 heteroatoms. The van der Waals surface area contributed by atoms with Crippen LogP contribution in [0.4, 0.5) is 0 Å². The normalized spacial score (nSPS) is 20.9. The highest BCUT2D eigenvalue weighted by Gasteiger charge is 2.22. The Bertz CT molecular complexity index is 368. The summed E-state index contributed by atoms with van der Waals surface area (Å²) in [6.07, 6.45) is 4.26. The Hall–Kier alpha value is -1.13. The number of pyridine rings is 1. The maximum absolute atomic E-state index is 5.33. The number of aromatic nitrogens is 1. The van der Waals surface area contributed by atoms with Gasteiger partial charge in [0.1, 0.15) is 0 Å². The molecular weight excluding hydrogens is 226 g/mol. The summed E-state index contributed by atoms with van der Waals surface area (Å²) in [6, 6.07) is 4.72. The average molecular weight is 249 g/mol. The van der Waals surface area contributed by atoms with E-state index in [1.807, 2.05) is 6.07 Å². The van der Waals surface area contributed by atoms with E-state index in [1.54, 1.807) is 13.3 Å². The fourth-order valence-electron chi connectivity index (χ4n) is 2.58. The highest BCUT2D eigenvalue weighted by atomic mass is 16.5. The van der Waals surface area contributed by atoms with E-state index in [2.05, 4.69) is 28.2 Å². The zero-order valence-electron chi connectivity index (χ0n) is 11.4. The number of hydrogen-bond acceptors (Lipinski definition) is 4. The smallest absolute Gasteiger partial charge is 0.217 e. The molecule has 1 N–H and O–H groups in total. The van der Waals surface area contributed by atoms with Gasteiger partial charge in [0.05, 0.1) is 7.11 Å². The van der Waals surface area contributed by atoms with Crippen molar-refractivity contribution in [2.75, 3.05) is 26.7 Å². The van der Waals surface area contributed by atoms with E-state index in [-0.39, 0.29) is 0 Å². The molecule has 1 aromatic heterocycles. The third-order valence-electron chi connectivity index (χ3n) is 3.51. The zero-order chi connectivity index (χ0) is 12.8. The van der Waals surface area contributed by atoms with Gasteiger partial charge < -0.3 is 10.1 Å². The minimum Gasteiger partial charge on any atom is -0.481 e. The molecule has 0 aromatic carbocycles. The summed E-state index contributed by atoms with van der Waals surface area (Å²) in [5, 5.41) is 3.48. The molecule has 1 unspecified atom stereocenters. The van der Waals surface area contributed by atoms with Gasteiger partial charge in [0, 0.05) is 44.0 Å². The number of methoxy groups -OCH3 is 1. The molecule has 0 bridgehead atoms. The van der Waals surface area contributed by atoms with Crippen molar-refractivity contribution in [1.29, 1.82) is 0 Å². The topological polar surface area (TPSA) is 37.4 Å². The van der Waals surface area contributed by atoms with E-state index in [0.717, 1.165) is 32.1 Å². The lowest BCUT2D eigenvalue weighted by Gasteiger charge is -2.36.